The zero-order valence-corrected chi connectivity index (χ0v) is 10.3. The highest BCUT2D eigenvalue weighted by atomic mass is 16.1. The Bertz CT molecular complexity index is 407. The van der Waals surface area contributed by atoms with Gasteiger partial charge in [-0.3, -0.25) is 4.79 Å². The normalized spacial score (nSPS) is 18.5. The zero-order valence-electron chi connectivity index (χ0n) is 10.3. The van der Waals surface area contributed by atoms with E-state index in [2.05, 4.69) is 5.32 Å². The highest BCUT2D eigenvalue weighted by Gasteiger charge is 2.07. The van der Waals surface area contributed by atoms with Gasteiger partial charge in [0.2, 0.25) is 0 Å². The summed E-state index contributed by atoms with van der Waals surface area (Å²) < 4.78 is 0. The molecular formula is C15H19NO. The molecule has 1 fully saturated rings. The van der Waals surface area contributed by atoms with Crippen LogP contribution < -0.4 is 5.32 Å². The summed E-state index contributed by atoms with van der Waals surface area (Å²) in [6, 6.07) is 7.75. The number of hydrogen-bond acceptors (Lipinski definition) is 2. The van der Waals surface area contributed by atoms with Crippen LogP contribution in [0.5, 0.6) is 0 Å². The van der Waals surface area contributed by atoms with Gasteiger partial charge >= 0.3 is 0 Å². The first-order valence-corrected chi connectivity index (χ1v) is 6.31. The Labute approximate surface area is 103 Å². The summed E-state index contributed by atoms with van der Waals surface area (Å²) in [7, 11) is 0. The summed E-state index contributed by atoms with van der Waals surface area (Å²) >= 11 is 0. The molecule has 1 aromatic rings. The molecule has 0 spiro atoms. The van der Waals surface area contributed by atoms with Crippen molar-refractivity contribution < 1.29 is 4.79 Å². The van der Waals surface area contributed by atoms with E-state index in [4.69, 9.17) is 0 Å². The second-order valence-corrected chi connectivity index (χ2v) is 4.64. The molecule has 0 unspecified atom stereocenters. The Kier molecular flexibility index (Phi) is 3.97. The molecular weight excluding hydrogens is 210 g/mol. The van der Waals surface area contributed by atoms with E-state index >= 15 is 0 Å². The molecule has 2 nitrogen and oxygen atoms in total. The van der Waals surface area contributed by atoms with Crippen LogP contribution in [0.2, 0.25) is 0 Å². The minimum atomic E-state index is 0.106. The second-order valence-electron chi connectivity index (χ2n) is 4.64. The largest absolute Gasteiger partial charge is 0.388 e. The average Bonchev–Trinajstić information content (AvgIpc) is 2.58. The molecule has 1 aliphatic heterocycles. The molecule has 1 aliphatic rings. The minimum Gasteiger partial charge on any atom is -0.388 e. The van der Waals surface area contributed by atoms with Crippen LogP contribution in [0, 0.1) is 6.92 Å². The minimum absolute atomic E-state index is 0.106. The Morgan fingerprint density at radius 3 is 2.71 bits per heavy atom. The molecule has 0 aliphatic carbocycles. The van der Waals surface area contributed by atoms with E-state index in [9.17, 15) is 4.79 Å². The molecule has 1 aromatic carbocycles. The number of hydrogen-bond donors (Lipinski definition) is 1. The van der Waals surface area contributed by atoms with Crippen LogP contribution in [0.15, 0.2) is 36.0 Å². The Morgan fingerprint density at radius 1 is 1.18 bits per heavy atom. The van der Waals surface area contributed by atoms with Crippen molar-refractivity contribution in [3.05, 3.63) is 47.2 Å². The molecule has 0 atom stereocenters. The highest BCUT2D eigenvalue weighted by Crippen LogP contribution is 2.13. The third-order valence-corrected chi connectivity index (χ3v) is 3.12. The molecule has 2 heteroatoms. The first-order valence-electron chi connectivity index (χ1n) is 6.31. The van der Waals surface area contributed by atoms with E-state index < -0.39 is 0 Å². The van der Waals surface area contributed by atoms with Crippen molar-refractivity contribution in [2.75, 3.05) is 6.54 Å². The number of allylic oxidation sites excluding steroid dienone is 2. The molecule has 0 bridgehead atoms. The predicted octanol–water partition coefficient (Wildman–Crippen LogP) is 3.23. The lowest BCUT2D eigenvalue weighted by Crippen LogP contribution is -2.13. The standard InChI is InChI=1S/C15H19NO/c1-12-6-8-13(9-7-12)15(17)11-14-5-3-2-4-10-16-14/h6-9,11,16H,2-5,10H2,1H3/b14-11-. The number of rotatable bonds is 2. The lowest BCUT2D eigenvalue weighted by molar-refractivity contribution is 0.104. The number of aryl methyl sites for hydroxylation is 1. The number of carbonyl (C=O) groups excluding carboxylic acids is 1. The quantitative estimate of drug-likeness (QED) is 0.623. The average molecular weight is 229 g/mol. The number of carbonyl (C=O) groups is 1. The topological polar surface area (TPSA) is 29.1 Å². The summed E-state index contributed by atoms with van der Waals surface area (Å²) in [5.74, 6) is 0.106. The van der Waals surface area contributed by atoms with Crippen molar-refractivity contribution in [1.82, 2.24) is 5.32 Å². The fourth-order valence-corrected chi connectivity index (χ4v) is 2.04. The third kappa shape index (κ3) is 3.45. The van der Waals surface area contributed by atoms with Crippen molar-refractivity contribution >= 4 is 5.78 Å². The van der Waals surface area contributed by atoms with E-state index in [1.54, 1.807) is 6.08 Å². The summed E-state index contributed by atoms with van der Waals surface area (Å²) in [6.07, 6.45) is 6.40. The number of nitrogens with one attached hydrogen (secondary N) is 1. The first kappa shape index (κ1) is 11.9. The van der Waals surface area contributed by atoms with Gasteiger partial charge in [-0.05, 0) is 26.2 Å². The molecule has 1 heterocycles. The van der Waals surface area contributed by atoms with Gasteiger partial charge in [-0.15, -0.1) is 0 Å². The maximum atomic E-state index is 12.0. The van der Waals surface area contributed by atoms with E-state index in [1.165, 1.54) is 24.8 Å². The predicted molar refractivity (Wildman–Crippen MR) is 70.1 cm³/mol. The van der Waals surface area contributed by atoms with Gasteiger partial charge in [0.25, 0.3) is 0 Å². The Hall–Kier alpha value is -1.57. The van der Waals surface area contributed by atoms with E-state index in [1.807, 2.05) is 31.2 Å². The van der Waals surface area contributed by atoms with Crippen molar-refractivity contribution in [2.45, 2.75) is 32.6 Å². The van der Waals surface area contributed by atoms with Crippen LogP contribution in [-0.4, -0.2) is 12.3 Å². The van der Waals surface area contributed by atoms with Crippen molar-refractivity contribution in [1.29, 1.82) is 0 Å². The van der Waals surface area contributed by atoms with Crippen LogP contribution in [0.25, 0.3) is 0 Å². The maximum Gasteiger partial charge on any atom is 0.187 e. The second kappa shape index (κ2) is 5.67. The Balaban J connectivity index is 2.09. The van der Waals surface area contributed by atoms with Gasteiger partial charge in [-0.2, -0.15) is 0 Å². The summed E-state index contributed by atoms with van der Waals surface area (Å²) in [4.78, 5) is 12.0. The number of benzene rings is 1. The fourth-order valence-electron chi connectivity index (χ4n) is 2.04. The Morgan fingerprint density at radius 2 is 1.94 bits per heavy atom. The third-order valence-electron chi connectivity index (χ3n) is 3.12. The van der Waals surface area contributed by atoms with Crippen LogP contribution in [0.1, 0.15) is 41.6 Å². The first-order chi connectivity index (χ1) is 8.25. The molecule has 0 radical (unpaired) electrons. The SMILES string of the molecule is Cc1ccc(C(=O)/C=C2/CCCCCN2)cc1. The van der Waals surface area contributed by atoms with Gasteiger partial charge < -0.3 is 5.32 Å². The van der Waals surface area contributed by atoms with Crippen molar-refractivity contribution in [3.63, 3.8) is 0 Å². The molecule has 90 valence electrons. The monoisotopic (exact) mass is 229 g/mol. The van der Waals surface area contributed by atoms with E-state index in [-0.39, 0.29) is 5.78 Å². The molecule has 17 heavy (non-hydrogen) atoms. The number of ketones is 1. The molecule has 0 saturated carbocycles. The van der Waals surface area contributed by atoms with Crippen LogP contribution in [0.4, 0.5) is 0 Å². The highest BCUT2D eigenvalue weighted by molar-refractivity contribution is 6.04. The van der Waals surface area contributed by atoms with E-state index in [0.29, 0.717) is 0 Å². The summed E-state index contributed by atoms with van der Waals surface area (Å²) in [5.41, 5.74) is 3.05. The van der Waals surface area contributed by atoms with Crippen LogP contribution >= 0.6 is 0 Å². The van der Waals surface area contributed by atoms with Gasteiger partial charge in [-0.1, -0.05) is 36.2 Å². The molecule has 0 aromatic heterocycles. The summed E-state index contributed by atoms with van der Waals surface area (Å²) in [6.45, 7) is 3.02. The zero-order chi connectivity index (χ0) is 12.1. The smallest absolute Gasteiger partial charge is 0.187 e. The lowest BCUT2D eigenvalue weighted by atomic mass is 10.1. The lowest BCUT2D eigenvalue weighted by Gasteiger charge is -2.05. The van der Waals surface area contributed by atoms with Crippen molar-refractivity contribution in [2.24, 2.45) is 0 Å². The van der Waals surface area contributed by atoms with E-state index in [0.717, 1.165) is 24.2 Å². The van der Waals surface area contributed by atoms with Crippen LogP contribution in [0.3, 0.4) is 0 Å². The fraction of sp³-hybridized carbons (Fsp3) is 0.400. The molecule has 1 N–H and O–H groups in total. The molecule has 2 rings (SSSR count). The van der Waals surface area contributed by atoms with Gasteiger partial charge in [0.05, 0.1) is 0 Å². The summed E-state index contributed by atoms with van der Waals surface area (Å²) in [5, 5.41) is 3.33. The molecule has 1 saturated heterocycles. The van der Waals surface area contributed by atoms with Gasteiger partial charge in [0.1, 0.15) is 0 Å². The van der Waals surface area contributed by atoms with Crippen molar-refractivity contribution in [3.8, 4) is 0 Å². The van der Waals surface area contributed by atoms with Crippen LogP contribution in [-0.2, 0) is 0 Å². The molecule has 0 amide bonds. The van der Waals surface area contributed by atoms with Gasteiger partial charge in [0, 0.05) is 23.9 Å². The van der Waals surface area contributed by atoms with Gasteiger partial charge in [-0.25, -0.2) is 0 Å². The maximum absolute atomic E-state index is 12.0. The van der Waals surface area contributed by atoms with Gasteiger partial charge in [0.15, 0.2) is 5.78 Å².